The van der Waals surface area contributed by atoms with Gasteiger partial charge in [-0.1, -0.05) is 18.2 Å². The third kappa shape index (κ3) is 5.13. The highest BCUT2D eigenvalue weighted by molar-refractivity contribution is 7.09. The zero-order valence-corrected chi connectivity index (χ0v) is 12.1. The molecule has 0 unspecified atom stereocenters. The van der Waals surface area contributed by atoms with Crippen LogP contribution in [-0.4, -0.2) is 12.5 Å². The minimum atomic E-state index is -0.206. The molecule has 106 valence electrons. The molecule has 0 fully saturated rings. The van der Waals surface area contributed by atoms with E-state index in [0.717, 1.165) is 24.8 Å². The highest BCUT2D eigenvalue weighted by atomic mass is 32.1. The topological polar surface area (TPSA) is 29.1 Å². The molecule has 0 bridgehead atoms. The van der Waals surface area contributed by atoms with E-state index in [1.807, 2.05) is 23.6 Å². The van der Waals surface area contributed by atoms with E-state index in [4.69, 9.17) is 0 Å². The Balaban J connectivity index is 1.59. The minimum absolute atomic E-state index is 0.0812. The number of hydrogen-bond donors (Lipinski definition) is 1. The summed E-state index contributed by atoms with van der Waals surface area (Å²) >= 11 is 1.68. The van der Waals surface area contributed by atoms with E-state index < -0.39 is 0 Å². The first-order valence-electron chi connectivity index (χ1n) is 6.77. The van der Waals surface area contributed by atoms with Crippen LogP contribution in [0.3, 0.4) is 0 Å². The monoisotopic (exact) mass is 291 g/mol. The summed E-state index contributed by atoms with van der Waals surface area (Å²) in [5.41, 5.74) is 0.970. The highest BCUT2D eigenvalue weighted by Gasteiger charge is 2.02. The molecule has 0 aliphatic carbocycles. The molecule has 1 aromatic heterocycles. The van der Waals surface area contributed by atoms with E-state index in [0.29, 0.717) is 13.0 Å². The van der Waals surface area contributed by atoms with Crippen molar-refractivity contribution in [1.82, 2.24) is 5.32 Å². The van der Waals surface area contributed by atoms with Gasteiger partial charge in [0.25, 0.3) is 0 Å². The highest BCUT2D eigenvalue weighted by Crippen LogP contribution is 2.10. The molecular formula is C16H18FNOS. The SMILES string of the molecule is O=C(CCc1cccs1)NCCCc1cccc(F)c1. The van der Waals surface area contributed by atoms with Gasteiger partial charge in [0.05, 0.1) is 0 Å². The number of nitrogens with one attached hydrogen (secondary N) is 1. The van der Waals surface area contributed by atoms with Crippen LogP contribution in [0.4, 0.5) is 4.39 Å². The summed E-state index contributed by atoms with van der Waals surface area (Å²) in [6.07, 6.45) is 2.94. The zero-order valence-electron chi connectivity index (χ0n) is 11.3. The molecule has 0 radical (unpaired) electrons. The largest absolute Gasteiger partial charge is 0.356 e. The summed E-state index contributed by atoms with van der Waals surface area (Å²) < 4.78 is 13.0. The van der Waals surface area contributed by atoms with Gasteiger partial charge in [0, 0.05) is 17.8 Å². The molecule has 0 aliphatic rings. The maximum Gasteiger partial charge on any atom is 0.220 e. The van der Waals surface area contributed by atoms with Crippen LogP contribution in [0.1, 0.15) is 23.3 Å². The van der Waals surface area contributed by atoms with Crippen molar-refractivity contribution in [3.05, 3.63) is 58.0 Å². The number of hydrogen-bond acceptors (Lipinski definition) is 2. The van der Waals surface area contributed by atoms with Crippen LogP contribution in [0.5, 0.6) is 0 Å². The molecule has 2 aromatic rings. The molecule has 1 heterocycles. The molecule has 0 saturated carbocycles. The Morgan fingerprint density at radius 1 is 1.20 bits per heavy atom. The van der Waals surface area contributed by atoms with Crippen LogP contribution in [0.15, 0.2) is 41.8 Å². The Kier molecular flexibility index (Phi) is 5.74. The number of rotatable bonds is 7. The molecule has 0 saturated heterocycles. The van der Waals surface area contributed by atoms with Gasteiger partial charge >= 0.3 is 0 Å². The van der Waals surface area contributed by atoms with Crippen LogP contribution in [0.2, 0.25) is 0 Å². The van der Waals surface area contributed by atoms with Crippen molar-refractivity contribution in [2.45, 2.75) is 25.7 Å². The maximum absolute atomic E-state index is 13.0. The Hall–Kier alpha value is -1.68. The van der Waals surface area contributed by atoms with Gasteiger partial charge in [0.1, 0.15) is 5.82 Å². The third-order valence-electron chi connectivity index (χ3n) is 3.03. The fraction of sp³-hybridized carbons (Fsp3) is 0.312. The maximum atomic E-state index is 13.0. The van der Waals surface area contributed by atoms with E-state index in [1.165, 1.54) is 10.9 Å². The second kappa shape index (κ2) is 7.80. The van der Waals surface area contributed by atoms with E-state index in [1.54, 1.807) is 23.5 Å². The molecular weight excluding hydrogens is 273 g/mol. The lowest BCUT2D eigenvalue weighted by Crippen LogP contribution is -2.24. The van der Waals surface area contributed by atoms with Crippen LogP contribution in [-0.2, 0) is 17.6 Å². The lowest BCUT2D eigenvalue weighted by Gasteiger charge is -2.05. The van der Waals surface area contributed by atoms with Gasteiger partial charge in [0.2, 0.25) is 5.91 Å². The summed E-state index contributed by atoms with van der Waals surface area (Å²) in [5, 5.41) is 4.92. The Morgan fingerprint density at radius 3 is 2.85 bits per heavy atom. The predicted molar refractivity (Wildman–Crippen MR) is 80.4 cm³/mol. The normalized spacial score (nSPS) is 10.4. The van der Waals surface area contributed by atoms with Crippen molar-refractivity contribution in [2.24, 2.45) is 0 Å². The molecule has 4 heteroatoms. The second-order valence-corrected chi connectivity index (χ2v) is 5.70. The molecule has 0 atom stereocenters. The molecule has 2 nitrogen and oxygen atoms in total. The smallest absolute Gasteiger partial charge is 0.220 e. The first kappa shape index (κ1) is 14.7. The summed E-state index contributed by atoms with van der Waals surface area (Å²) in [6.45, 7) is 0.639. The molecule has 0 aliphatic heterocycles. The van der Waals surface area contributed by atoms with Gasteiger partial charge in [-0.05, 0) is 48.4 Å². The second-order valence-electron chi connectivity index (χ2n) is 4.66. The first-order valence-corrected chi connectivity index (χ1v) is 7.65. The van der Waals surface area contributed by atoms with E-state index in [-0.39, 0.29) is 11.7 Å². The quantitative estimate of drug-likeness (QED) is 0.776. The predicted octanol–water partition coefficient (Wildman–Crippen LogP) is 3.57. The number of aryl methyl sites for hydroxylation is 2. The Morgan fingerprint density at radius 2 is 2.10 bits per heavy atom. The fourth-order valence-electron chi connectivity index (χ4n) is 1.99. The minimum Gasteiger partial charge on any atom is -0.356 e. The summed E-state index contributed by atoms with van der Waals surface area (Å²) in [4.78, 5) is 12.9. The molecule has 0 spiro atoms. The number of amides is 1. The lowest BCUT2D eigenvalue weighted by atomic mass is 10.1. The van der Waals surface area contributed by atoms with Gasteiger partial charge in [-0.2, -0.15) is 0 Å². The third-order valence-corrected chi connectivity index (χ3v) is 3.97. The van der Waals surface area contributed by atoms with Crippen molar-refractivity contribution in [1.29, 1.82) is 0 Å². The molecule has 20 heavy (non-hydrogen) atoms. The van der Waals surface area contributed by atoms with Crippen molar-refractivity contribution >= 4 is 17.2 Å². The Labute approximate surface area is 122 Å². The standard InChI is InChI=1S/C16H18FNOS/c17-14-6-1-4-13(12-14)5-2-10-18-16(19)9-8-15-7-3-11-20-15/h1,3-4,6-7,11-12H,2,5,8-10H2,(H,18,19). The van der Waals surface area contributed by atoms with Crippen molar-refractivity contribution in [3.8, 4) is 0 Å². The van der Waals surface area contributed by atoms with E-state index >= 15 is 0 Å². The molecule has 1 amide bonds. The van der Waals surface area contributed by atoms with Gasteiger partial charge < -0.3 is 5.32 Å². The molecule has 2 rings (SSSR count). The fourth-order valence-corrected chi connectivity index (χ4v) is 2.70. The average molecular weight is 291 g/mol. The number of halogens is 1. The first-order chi connectivity index (χ1) is 9.74. The van der Waals surface area contributed by atoms with Gasteiger partial charge in [-0.3, -0.25) is 4.79 Å². The van der Waals surface area contributed by atoms with Crippen molar-refractivity contribution in [3.63, 3.8) is 0 Å². The summed E-state index contributed by atoms with van der Waals surface area (Å²) in [7, 11) is 0. The average Bonchev–Trinajstić information content (AvgIpc) is 2.95. The number of benzene rings is 1. The van der Waals surface area contributed by atoms with Gasteiger partial charge in [-0.15, -0.1) is 11.3 Å². The van der Waals surface area contributed by atoms with Gasteiger partial charge in [0.15, 0.2) is 0 Å². The zero-order chi connectivity index (χ0) is 14.2. The Bertz CT molecular complexity index is 539. The lowest BCUT2D eigenvalue weighted by molar-refractivity contribution is -0.121. The van der Waals surface area contributed by atoms with Crippen molar-refractivity contribution in [2.75, 3.05) is 6.54 Å². The summed E-state index contributed by atoms with van der Waals surface area (Å²) in [6, 6.07) is 10.6. The molecule has 1 aromatic carbocycles. The number of carbonyl (C=O) groups is 1. The van der Waals surface area contributed by atoms with Crippen LogP contribution in [0.25, 0.3) is 0 Å². The van der Waals surface area contributed by atoms with Crippen LogP contribution >= 0.6 is 11.3 Å². The van der Waals surface area contributed by atoms with Crippen LogP contribution < -0.4 is 5.32 Å². The van der Waals surface area contributed by atoms with Crippen LogP contribution in [0, 0.1) is 5.82 Å². The van der Waals surface area contributed by atoms with E-state index in [9.17, 15) is 9.18 Å². The summed E-state index contributed by atoms with van der Waals surface area (Å²) in [5.74, 6) is -0.125. The number of carbonyl (C=O) groups excluding carboxylic acids is 1. The molecule has 1 N–H and O–H groups in total. The van der Waals surface area contributed by atoms with E-state index in [2.05, 4.69) is 5.32 Å². The van der Waals surface area contributed by atoms with Gasteiger partial charge in [-0.25, -0.2) is 4.39 Å². The van der Waals surface area contributed by atoms with Crippen molar-refractivity contribution < 1.29 is 9.18 Å². The number of thiophene rings is 1.